The minimum atomic E-state index is -3.41. The highest BCUT2D eigenvalue weighted by molar-refractivity contribution is 7.91. The maximum Gasteiger partial charge on any atom is 0.206 e. The quantitative estimate of drug-likeness (QED) is 0.798. The minimum Gasteiger partial charge on any atom is -0.219 e. The van der Waals surface area contributed by atoms with E-state index in [2.05, 4.69) is 0 Å². The van der Waals surface area contributed by atoms with Crippen LogP contribution in [0.3, 0.4) is 0 Å². The molecule has 4 heteroatoms. The lowest BCUT2D eigenvalue weighted by molar-refractivity contribution is 0.596. The van der Waals surface area contributed by atoms with Crippen LogP contribution < -0.4 is 0 Å². The van der Waals surface area contributed by atoms with E-state index in [0.717, 1.165) is 5.56 Å². The van der Waals surface area contributed by atoms with Gasteiger partial charge >= 0.3 is 0 Å². The Morgan fingerprint density at radius 3 is 1.88 bits per heavy atom. The summed E-state index contributed by atoms with van der Waals surface area (Å²) in [6, 6.07) is 14.9. The van der Waals surface area contributed by atoms with Crippen molar-refractivity contribution >= 4 is 27.4 Å². The van der Waals surface area contributed by atoms with Gasteiger partial charge in [-0.3, -0.25) is 0 Å². The molecule has 0 N–H and O–H groups in total. The summed E-state index contributed by atoms with van der Waals surface area (Å²) in [5.74, 6) is 0. The summed E-state index contributed by atoms with van der Waals surface area (Å²) >= 11 is 4.77. The summed E-state index contributed by atoms with van der Waals surface area (Å²) in [5.41, 5.74) is 0.826. The van der Waals surface area contributed by atoms with E-state index in [1.165, 1.54) is 5.37 Å². The fraction of sp³-hybridized carbons (Fsp3) is 0. The predicted molar refractivity (Wildman–Crippen MR) is 71.1 cm³/mol. The maximum atomic E-state index is 12.2. The van der Waals surface area contributed by atoms with E-state index in [9.17, 15) is 8.42 Å². The average Bonchev–Trinajstić information content (AvgIpc) is 2.40. The third kappa shape index (κ3) is 2.43. The molecule has 0 aliphatic heterocycles. The number of thiocarbonyl (C=S) groups is 1. The summed E-state index contributed by atoms with van der Waals surface area (Å²) < 4.78 is 24.4. The van der Waals surface area contributed by atoms with Crippen LogP contribution in [0.25, 0.3) is 0 Å². The molecule has 86 valence electrons. The molecule has 0 saturated carbocycles. The van der Waals surface area contributed by atoms with Gasteiger partial charge in [0.05, 0.1) is 9.79 Å². The highest BCUT2D eigenvalue weighted by Gasteiger charge is 2.16. The van der Waals surface area contributed by atoms with E-state index < -0.39 is 9.84 Å². The zero-order valence-corrected chi connectivity index (χ0v) is 10.5. The van der Waals surface area contributed by atoms with Crippen LogP contribution in [-0.2, 0) is 9.84 Å². The Kier molecular flexibility index (Phi) is 3.36. The van der Waals surface area contributed by atoms with Crippen molar-refractivity contribution in [3.05, 3.63) is 60.2 Å². The molecule has 0 fully saturated rings. The van der Waals surface area contributed by atoms with Crippen molar-refractivity contribution in [3.8, 4) is 0 Å². The van der Waals surface area contributed by atoms with Crippen molar-refractivity contribution in [2.45, 2.75) is 9.79 Å². The van der Waals surface area contributed by atoms with E-state index in [1.54, 1.807) is 54.6 Å². The molecule has 0 amide bonds. The van der Waals surface area contributed by atoms with E-state index in [0.29, 0.717) is 4.90 Å². The van der Waals surface area contributed by atoms with Crippen LogP contribution in [0.2, 0.25) is 0 Å². The first kappa shape index (κ1) is 12.0. The molecule has 0 bridgehead atoms. The van der Waals surface area contributed by atoms with E-state index in [-0.39, 0.29) is 4.90 Å². The first-order valence-electron chi connectivity index (χ1n) is 5.00. The summed E-state index contributed by atoms with van der Waals surface area (Å²) in [7, 11) is -3.41. The molecule has 2 aromatic rings. The standard InChI is InChI=1S/C13H10O2S2/c14-17(15,12-4-2-1-3-5-12)13-8-6-11(10-16)7-9-13/h1-10H. The van der Waals surface area contributed by atoms with Crippen molar-refractivity contribution in [2.24, 2.45) is 0 Å². The third-order valence-corrected chi connectivity index (χ3v) is 4.44. The largest absolute Gasteiger partial charge is 0.219 e. The van der Waals surface area contributed by atoms with Crippen LogP contribution in [0.1, 0.15) is 5.56 Å². The second kappa shape index (κ2) is 4.77. The van der Waals surface area contributed by atoms with Crippen molar-refractivity contribution < 1.29 is 8.42 Å². The SMILES string of the molecule is O=S(=O)(c1ccccc1)c1ccc(C=S)cc1. The number of hydrogen-bond acceptors (Lipinski definition) is 3. The molecule has 2 rings (SSSR count). The molecule has 0 radical (unpaired) electrons. The zero-order chi connectivity index (χ0) is 12.3. The second-order valence-corrected chi connectivity index (χ2v) is 5.69. The van der Waals surface area contributed by atoms with Gasteiger partial charge in [-0.25, -0.2) is 8.42 Å². The van der Waals surface area contributed by atoms with Crippen molar-refractivity contribution in [1.29, 1.82) is 0 Å². The van der Waals surface area contributed by atoms with Gasteiger partial charge in [0.1, 0.15) is 0 Å². The van der Waals surface area contributed by atoms with Gasteiger partial charge in [-0.15, -0.1) is 0 Å². The molecule has 0 unspecified atom stereocenters. The average molecular weight is 262 g/mol. The van der Waals surface area contributed by atoms with Gasteiger partial charge in [0.25, 0.3) is 0 Å². The van der Waals surface area contributed by atoms with Crippen LogP contribution in [0, 0.1) is 0 Å². The van der Waals surface area contributed by atoms with Crippen molar-refractivity contribution in [3.63, 3.8) is 0 Å². The molecule has 0 aromatic heterocycles. The molecular weight excluding hydrogens is 252 g/mol. The Bertz CT molecular complexity index is 614. The Labute approximate surface area is 106 Å². The van der Waals surface area contributed by atoms with E-state index >= 15 is 0 Å². The molecule has 0 saturated heterocycles. The van der Waals surface area contributed by atoms with Crippen LogP contribution in [0.4, 0.5) is 0 Å². The lowest BCUT2D eigenvalue weighted by Crippen LogP contribution is -2.01. The molecule has 0 heterocycles. The Morgan fingerprint density at radius 1 is 0.824 bits per heavy atom. The van der Waals surface area contributed by atoms with Crippen LogP contribution in [-0.4, -0.2) is 13.8 Å². The highest BCUT2D eigenvalue weighted by Crippen LogP contribution is 2.20. The Morgan fingerprint density at radius 2 is 1.35 bits per heavy atom. The zero-order valence-electron chi connectivity index (χ0n) is 8.91. The van der Waals surface area contributed by atoms with Gasteiger partial charge in [-0.1, -0.05) is 42.5 Å². The van der Waals surface area contributed by atoms with Gasteiger partial charge in [0.2, 0.25) is 9.84 Å². The van der Waals surface area contributed by atoms with Crippen molar-refractivity contribution in [2.75, 3.05) is 0 Å². The van der Waals surface area contributed by atoms with Crippen molar-refractivity contribution in [1.82, 2.24) is 0 Å². The lowest BCUT2D eigenvalue weighted by Gasteiger charge is -2.04. The summed E-state index contributed by atoms with van der Waals surface area (Å²) in [4.78, 5) is 0.583. The van der Waals surface area contributed by atoms with Crippen LogP contribution in [0.5, 0.6) is 0 Å². The second-order valence-electron chi connectivity index (χ2n) is 3.50. The number of rotatable bonds is 3. The summed E-state index contributed by atoms with van der Waals surface area (Å²) in [5, 5.41) is 1.51. The predicted octanol–water partition coefficient (Wildman–Crippen LogP) is 2.87. The summed E-state index contributed by atoms with van der Waals surface area (Å²) in [6.45, 7) is 0. The van der Waals surface area contributed by atoms with E-state index in [4.69, 9.17) is 12.2 Å². The summed E-state index contributed by atoms with van der Waals surface area (Å²) in [6.07, 6.45) is 0. The van der Waals surface area contributed by atoms with Gasteiger partial charge in [0.15, 0.2) is 0 Å². The normalized spacial score (nSPS) is 11.1. The van der Waals surface area contributed by atoms with E-state index in [1.807, 2.05) is 0 Å². The van der Waals surface area contributed by atoms with Gasteiger partial charge in [-0.2, -0.15) is 0 Å². The molecule has 0 spiro atoms. The highest BCUT2D eigenvalue weighted by atomic mass is 32.2. The first-order chi connectivity index (χ1) is 8.14. The maximum absolute atomic E-state index is 12.2. The van der Waals surface area contributed by atoms with Crippen LogP contribution >= 0.6 is 12.2 Å². The fourth-order valence-electron chi connectivity index (χ4n) is 1.46. The molecule has 0 aliphatic rings. The van der Waals surface area contributed by atoms with Gasteiger partial charge in [-0.05, 0) is 29.8 Å². The minimum absolute atomic E-state index is 0.282. The third-order valence-electron chi connectivity index (χ3n) is 2.38. The number of sulfone groups is 1. The first-order valence-corrected chi connectivity index (χ1v) is 6.95. The van der Waals surface area contributed by atoms with Gasteiger partial charge in [0, 0.05) is 5.37 Å². The lowest BCUT2D eigenvalue weighted by atomic mass is 10.2. The molecule has 2 aromatic carbocycles. The molecular formula is C13H10O2S2. The van der Waals surface area contributed by atoms with Gasteiger partial charge < -0.3 is 0 Å². The molecule has 0 aliphatic carbocycles. The molecule has 17 heavy (non-hydrogen) atoms. The molecule has 0 atom stereocenters. The van der Waals surface area contributed by atoms with Crippen LogP contribution in [0.15, 0.2) is 64.4 Å². The fourth-order valence-corrected chi connectivity index (χ4v) is 2.90. The monoisotopic (exact) mass is 262 g/mol. The molecule has 2 nitrogen and oxygen atoms in total. The Hall–Kier alpha value is -1.52. The number of benzene rings is 2. The topological polar surface area (TPSA) is 34.1 Å². The Balaban J connectivity index is 2.49. The number of hydrogen-bond donors (Lipinski definition) is 0. The smallest absolute Gasteiger partial charge is 0.206 e.